The van der Waals surface area contributed by atoms with Crippen LogP contribution >= 0.6 is 12.6 Å². The van der Waals surface area contributed by atoms with Gasteiger partial charge in [0, 0.05) is 0 Å². The highest BCUT2D eigenvalue weighted by atomic mass is 32.1. The Morgan fingerprint density at radius 2 is 2.00 bits per heavy atom. The van der Waals surface area contributed by atoms with Crippen LogP contribution in [0.4, 0.5) is 0 Å². The summed E-state index contributed by atoms with van der Waals surface area (Å²) in [4.78, 5) is 0. The van der Waals surface area contributed by atoms with E-state index in [2.05, 4.69) is 12.6 Å². The molecule has 32 valence electrons. The van der Waals surface area contributed by atoms with Gasteiger partial charge < -0.3 is 10.2 Å². The van der Waals surface area contributed by atoms with E-state index in [1.54, 1.807) is 0 Å². The minimum absolute atomic E-state index is 0.275. The fourth-order valence-electron chi connectivity index (χ4n) is 0. The van der Waals surface area contributed by atoms with Gasteiger partial charge in [0.1, 0.15) is 5.44 Å². The Labute approximate surface area is 35.8 Å². The van der Waals surface area contributed by atoms with Crippen molar-refractivity contribution in [3.05, 3.63) is 0 Å². The first kappa shape index (κ1) is 5.27. The average molecular weight is 94.1 g/mol. The Morgan fingerprint density at radius 1 is 1.80 bits per heavy atom. The molecule has 0 saturated heterocycles. The van der Waals surface area contributed by atoms with Crippen molar-refractivity contribution in [2.75, 3.05) is 6.61 Å². The van der Waals surface area contributed by atoms with Gasteiger partial charge in [-0.05, 0) is 0 Å². The van der Waals surface area contributed by atoms with Gasteiger partial charge >= 0.3 is 0 Å². The standard InChI is InChI=1S/C2H6O2S/c3-1-2(4)5/h2-5H,1H2. The third-order valence-corrected chi connectivity index (χ3v) is 0.327. The summed E-state index contributed by atoms with van der Waals surface area (Å²) < 4.78 is 0. The highest BCUT2D eigenvalue weighted by molar-refractivity contribution is 7.80. The average Bonchev–Trinajstić information content (AvgIpc) is 1.38. The number of thiol groups is 1. The molecule has 0 aromatic carbocycles. The van der Waals surface area contributed by atoms with Gasteiger partial charge in [0.15, 0.2) is 0 Å². The van der Waals surface area contributed by atoms with Crippen LogP contribution in [0.15, 0.2) is 0 Å². The summed E-state index contributed by atoms with van der Waals surface area (Å²) in [7, 11) is 0. The van der Waals surface area contributed by atoms with E-state index in [9.17, 15) is 0 Å². The first-order valence-corrected chi connectivity index (χ1v) is 1.76. The Kier molecular flexibility index (Phi) is 2.64. The maximum atomic E-state index is 7.98. The SMILES string of the molecule is OCC(O)S. The van der Waals surface area contributed by atoms with Gasteiger partial charge in [-0.15, -0.1) is 12.6 Å². The zero-order valence-electron chi connectivity index (χ0n) is 2.63. The summed E-state index contributed by atoms with van der Waals surface area (Å²) in [5, 5.41) is 15.8. The highest BCUT2D eigenvalue weighted by Crippen LogP contribution is 1.80. The molecule has 0 aliphatic rings. The Hall–Kier alpha value is 0.270. The van der Waals surface area contributed by atoms with Gasteiger partial charge in [-0.3, -0.25) is 0 Å². The van der Waals surface area contributed by atoms with E-state index in [0.29, 0.717) is 0 Å². The van der Waals surface area contributed by atoms with E-state index < -0.39 is 5.44 Å². The van der Waals surface area contributed by atoms with E-state index in [4.69, 9.17) is 10.2 Å². The molecule has 0 saturated carbocycles. The molecule has 0 heterocycles. The second kappa shape index (κ2) is 2.50. The second-order valence-electron chi connectivity index (χ2n) is 0.663. The zero-order valence-corrected chi connectivity index (χ0v) is 3.52. The Bertz CT molecular complexity index is 21.6. The van der Waals surface area contributed by atoms with Gasteiger partial charge in [0.05, 0.1) is 6.61 Å². The van der Waals surface area contributed by atoms with Gasteiger partial charge in [-0.1, -0.05) is 0 Å². The molecule has 0 fully saturated rings. The van der Waals surface area contributed by atoms with Crippen LogP contribution in [0.2, 0.25) is 0 Å². The molecule has 0 radical (unpaired) electrons. The van der Waals surface area contributed by atoms with Crippen LogP contribution in [-0.4, -0.2) is 22.3 Å². The van der Waals surface area contributed by atoms with Crippen molar-refractivity contribution in [2.24, 2.45) is 0 Å². The predicted molar refractivity (Wildman–Crippen MR) is 22.1 cm³/mol. The number of hydrogen-bond donors (Lipinski definition) is 3. The molecule has 1 atom stereocenters. The molecule has 0 aromatic heterocycles. The van der Waals surface area contributed by atoms with Crippen molar-refractivity contribution in [3.8, 4) is 0 Å². The first-order chi connectivity index (χ1) is 2.27. The topological polar surface area (TPSA) is 40.5 Å². The fraction of sp³-hybridized carbons (Fsp3) is 1.00. The van der Waals surface area contributed by atoms with Gasteiger partial charge in [0.25, 0.3) is 0 Å². The fourth-order valence-corrected chi connectivity index (χ4v) is 0. The monoisotopic (exact) mass is 94.0 g/mol. The lowest BCUT2D eigenvalue weighted by Gasteiger charge is -1.89. The summed E-state index contributed by atoms with van der Waals surface area (Å²) in [5.74, 6) is 0. The van der Waals surface area contributed by atoms with Gasteiger partial charge in [0.2, 0.25) is 0 Å². The Balaban J connectivity index is 2.54. The zero-order chi connectivity index (χ0) is 4.28. The number of aliphatic hydroxyl groups is 2. The molecular weight excluding hydrogens is 88.1 g/mol. The van der Waals surface area contributed by atoms with E-state index in [0.717, 1.165) is 0 Å². The lowest BCUT2D eigenvalue weighted by Crippen LogP contribution is -2.00. The van der Waals surface area contributed by atoms with Crippen molar-refractivity contribution in [1.29, 1.82) is 0 Å². The molecule has 1 unspecified atom stereocenters. The first-order valence-electron chi connectivity index (χ1n) is 1.24. The Morgan fingerprint density at radius 3 is 2.00 bits per heavy atom. The van der Waals surface area contributed by atoms with Crippen LogP contribution < -0.4 is 0 Å². The summed E-state index contributed by atoms with van der Waals surface area (Å²) in [6.07, 6.45) is 0. The third kappa shape index (κ3) is 4.27. The molecule has 0 rings (SSSR count). The van der Waals surface area contributed by atoms with Crippen LogP contribution in [0.3, 0.4) is 0 Å². The van der Waals surface area contributed by atoms with Crippen molar-refractivity contribution >= 4 is 12.6 Å². The van der Waals surface area contributed by atoms with Crippen LogP contribution in [-0.2, 0) is 0 Å². The number of rotatable bonds is 1. The lowest BCUT2D eigenvalue weighted by molar-refractivity contribution is 0.162. The molecule has 5 heavy (non-hydrogen) atoms. The molecule has 0 aromatic rings. The molecule has 2 N–H and O–H groups in total. The van der Waals surface area contributed by atoms with Gasteiger partial charge in [-0.2, -0.15) is 0 Å². The summed E-state index contributed by atoms with van der Waals surface area (Å²) in [6, 6.07) is 0. The maximum absolute atomic E-state index is 7.98. The minimum atomic E-state index is -0.866. The molecule has 2 nitrogen and oxygen atoms in total. The van der Waals surface area contributed by atoms with E-state index in [-0.39, 0.29) is 6.61 Å². The molecule has 3 heteroatoms. The number of aliphatic hydroxyl groups excluding tert-OH is 2. The van der Waals surface area contributed by atoms with Crippen LogP contribution in [0, 0.1) is 0 Å². The highest BCUT2D eigenvalue weighted by Gasteiger charge is 1.84. The predicted octanol–water partition coefficient (Wildman–Crippen LogP) is -0.773. The van der Waals surface area contributed by atoms with Gasteiger partial charge in [-0.25, -0.2) is 0 Å². The molecule has 0 aliphatic carbocycles. The summed E-state index contributed by atoms with van der Waals surface area (Å²) >= 11 is 3.40. The van der Waals surface area contributed by atoms with Crippen LogP contribution in [0.25, 0.3) is 0 Å². The summed E-state index contributed by atoms with van der Waals surface area (Å²) in [6.45, 7) is -0.275. The van der Waals surface area contributed by atoms with E-state index >= 15 is 0 Å². The van der Waals surface area contributed by atoms with Crippen LogP contribution in [0.5, 0.6) is 0 Å². The lowest BCUT2D eigenvalue weighted by atomic mass is 10.8. The molecular formula is C2H6O2S. The van der Waals surface area contributed by atoms with E-state index in [1.807, 2.05) is 0 Å². The molecule has 0 aliphatic heterocycles. The number of hydrogen-bond acceptors (Lipinski definition) is 3. The molecule has 0 spiro atoms. The third-order valence-electron chi connectivity index (χ3n) is 0.163. The van der Waals surface area contributed by atoms with E-state index in [1.165, 1.54) is 0 Å². The van der Waals surface area contributed by atoms with Crippen LogP contribution in [0.1, 0.15) is 0 Å². The largest absolute Gasteiger partial charge is 0.393 e. The normalized spacial score (nSPS) is 15.0. The second-order valence-corrected chi connectivity index (χ2v) is 1.26. The van der Waals surface area contributed by atoms with Crippen molar-refractivity contribution in [1.82, 2.24) is 0 Å². The van der Waals surface area contributed by atoms with Crippen molar-refractivity contribution in [3.63, 3.8) is 0 Å². The smallest absolute Gasteiger partial charge is 0.120 e. The molecule has 0 bridgehead atoms. The van der Waals surface area contributed by atoms with Crippen molar-refractivity contribution in [2.45, 2.75) is 5.44 Å². The van der Waals surface area contributed by atoms with Crippen molar-refractivity contribution < 1.29 is 10.2 Å². The summed E-state index contributed by atoms with van der Waals surface area (Å²) in [5.41, 5.74) is -0.866. The minimum Gasteiger partial charge on any atom is -0.393 e. The maximum Gasteiger partial charge on any atom is 0.120 e. The molecule has 0 amide bonds. The quantitative estimate of drug-likeness (QED) is 0.295.